The van der Waals surface area contributed by atoms with Crippen LogP contribution >= 0.6 is 11.8 Å². The van der Waals surface area contributed by atoms with Crippen LogP contribution in [-0.2, 0) is 16.1 Å². The van der Waals surface area contributed by atoms with Crippen molar-refractivity contribution in [2.45, 2.75) is 32.1 Å². The average Bonchev–Trinajstić information content (AvgIpc) is 2.58. The molecule has 1 aliphatic rings. The Labute approximate surface area is 111 Å². The zero-order valence-corrected chi connectivity index (χ0v) is 11.4. The van der Waals surface area contributed by atoms with Crippen LogP contribution in [0.25, 0.3) is 0 Å². The second-order valence-electron chi connectivity index (χ2n) is 4.53. The van der Waals surface area contributed by atoms with Crippen molar-refractivity contribution in [3.63, 3.8) is 0 Å². The Balaban J connectivity index is 1.98. The first-order valence-corrected chi connectivity index (χ1v) is 6.79. The van der Waals surface area contributed by atoms with E-state index in [1.807, 2.05) is 19.1 Å². The van der Waals surface area contributed by atoms with Crippen molar-refractivity contribution in [3.05, 3.63) is 29.6 Å². The van der Waals surface area contributed by atoms with Gasteiger partial charge < -0.3 is 4.90 Å². The number of hydrogen-bond acceptors (Lipinski definition) is 4. The first kappa shape index (κ1) is 13.1. The topological polar surface area (TPSA) is 50.3 Å². The van der Waals surface area contributed by atoms with Crippen molar-refractivity contribution in [3.8, 4) is 0 Å². The predicted molar refractivity (Wildman–Crippen MR) is 71.1 cm³/mol. The standard InChI is InChI=1S/C13H16N2O2S/c1-9-3-4-14-11(5-9)7-15-8-12(6-13(15)17)18-10(2)16/h3-5,12H,6-8H2,1-2H3. The molecule has 96 valence electrons. The molecule has 1 aliphatic heterocycles. The summed E-state index contributed by atoms with van der Waals surface area (Å²) in [7, 11) is 0. The number of thioether (sulfide) groups is 1. The maximum atomic E-state index is 11.8. The number of carbonyl (C=O) groups is 2. The Kier molecular flexibility index (Phi) is 4.01. The summed E-state index contributed by atoms with van der Waals surface area (Å²) in [5.41, 5.74) is 2.04. The van der Waals surface area contributed by atoms with Crippen LogP contribution < -0.4 is 0 Å². The first-order valence-electron chi connectivity index (χ1n) is 5.91. The number of likely N-dealkylation sites (tertiary alicyclic amines) is 1. The molecule has 0 bridgehead atoms. The lowest BCUT2D eigenvalue weighted by atomic mass is 10.2. The molecule has 1 atom stereocenters. The molecule has 0 spiro atoms. The molecule has 0 N–H and O–H groups in total. The van der Waals surface area contributed by atoms with E-state index in [0.29, 0.717) is 19.5 Å². The predicted octanol–water partition coefficient (Wildman–Crippen LogP) is 1.77. The van der Waals surface area contributed by atoms with Gasteiger partial charge in [-0.15, -0.1) is 0 Å². The average molecular weight is 264 g/mol. The van der Waals surface area contributed by atoms with Gasteiger partial charge >= 0.3 is 0 Å². The monoisotopic (exact) mass is 264 g/mol. The fourth-order valence-electron chi connectivity index (χ4n) is 2.08. The number of nitrogens with zero attached hydrogens (tertiary/aromatic N) is 2. The van der Waals surface area contributed by atoms with Crippen LogP contribution in [0.1, 0.15) is 24.6 Å². The summed E-state index contributed by atoms with van der Waals surface area (Å²) in [6.45, 7) is 4.72. The zero-order valence-electron chi connectivity index (χ0n) is 10.5. The molecule has 2 rings (SSSR count). The summed E-state index contributed by atoms with van der Waals surface area (Å²) >= 11 is 1.26. The number of carbonyl (C=O) groups excluding carboxylic acids is 2. The summed E-state index contributed by atoms with van der Waals surface area (Å²) in [6, 6.07) is 3.92. The van der Waals surface area contributed by atoms with Gasteiger partial charge in [0.05, 0.1) is 12.2 Å². The normalized spacial score (nSPS) is 19.3. The highest BCUT2D eigenvalue weighted by Crippen LogP contribution is 2.25. The second-order valence-corrected chi connectivity index (χ2v) is 6.01. The highest BCUT2D eigenvalue weighted by atomic mass is 32.2. The van der Waals surface area contributed by atoms with E-state index >= 15 is 0 Å². The SMILES string of the molecule is CC(=O)SC1CC(=O)N(Cc2cc(C)ccn2)C1. The molecular formula is C13H16N2O2S. The van der Waals surface area contributed by atoms with Crippen molar-refractivity contribution in [1.82, 2.24) is 9.88 Å². The van der Waals surface area contributed by atoms with Gasteiger partial charge in [0, 0.05) is 31.3 Å². The molecule has 5 heteroatoms. The van der Waals surface area contributed by atoms with Gasteiger partial charge in [-0.2, -0.15) is 0 Å². The van der Waals surface area contributed by atoms with E-state index in [2.05, 4.69) is 4.98 Å². The van der Waals surface area contributed by atoms with Crippen LogP contribution in [0, 0.1) is 6.92 Å². The minimum atomic E-state index is 0.0725. The number of hydrogen-bond donors (Lipinski definition) is 0. The molecule has 1 amide bonds. The Morgan fingerprint density at radius 2 is 2.39 bits per heavy atom. The van der Waals surface area contributed by atoms with Crippen LogP contribution in [0.5, 0.6) is 0 Å². The molecule has 0 radical (unpaired) electrons. The third kappa shape index (κ3) is 3.32. The van der Waals surface area contributed by atoms with Crippen LogP contribution in [0.3, 0.4) is 0 Å². The minimum absolute atomic E-state index is 0.0725. The van der Waals surface area contributed by atoms with E-state index in [1.54, 1.807) is 18.0 Å². The van der Waals surface area contributed by atoms with E-state index in [1.165, 1.54) is 11.8 Å². The number of aromatic nitrogens is 1. The van der Waals surface area contributed by atoms with Crippen LogP contribution in [-0.4, -0.2) is 32.7 Å². The molecule has 0 saturated carbocycles. The van der Waals surface area contributed by atoms with Gasteiger partial charge in [0.15, 0.2) is 5.12 Å². The number of pyridine rings is 1. The van der Waals surface area contributed by atoms with Crippen LogP contribution in [0.15, 0.2) is 18.3 Å². The third-order valence-corrected chi connectivity index (χ3v) is 3.82. The molecule has 2 heterocycles. The molecule has 1 unspecified atom stereocenters. The van der Waals surface area contributed by atoms with Crippen molar-refractivity contribution in [2.24, 2.45) is 0 Å². The van der Waals surface area contributed by atoms with Gasteiger partial charge in [0.1, 0.15) is 0 Å². The van der Waals surface area contributed by atoms with Crippen molar-refractivity contribution >= 4 is 22.8 Å². The second kappa shape index (κ2) is 5.52. The zero-order chi connectivity index (χ0) is 13.1. The molecule has 1 aromatic heterocycles. The Morgan fingerprint density at radius 3 is 3.06 bits per heavy atom. The van der Waals surface area contributed by atoms with Gasteiger partial charge in [0.2, 0.25) is 5.91 Å². The molecular weight excluding hydrogens is 248 g/mol. The summed E-state index contributed by atoms with van der Waals surface area (Å²) in [4.78, 5) is 28.9. The van der Waals surface area contributed by atoms with Crippen LogP contribution in [0.2, 0.25) is 0 Å². The maximum Gasteiger partial charge on any atom is 0.224 e. The highest BCUT2D eigenvalue weighted by molar-refractivity contribution is 8.14. The minimum Gasteiger partial charge on any atom is -0.336 e. The Bertz CT molecular complexity index is 476. The Morgan fingerprint density at radius 1 is 1.61 bits per heavy atom. The van der Waals surface area contributed by atoms with Crippen molar-refractivity contribution in [2.75, 3.05) is 6.54 Å². The molecule has 4 nitrogen and oxygen atoms in total. The lowest BCUT2D eigenvalue weighted by Gasteiger charge is -2.15. The van der Waals surface area contributed by atoms with Gasteiger partial charge in [-0.1, -0.05) is 11.8 Å². The lowest BCUT2D eigenvalue weighted by Crippen LogP contribution is -2.25. The van der Waals surface area contributed by atoms with E-state index in [9.17, 15) is 9.59 Å². The molecule has 1 saturated heterocycles. The van der Waals surface area contributed by atoms with E-state index in [-0.39, 0.29) is 16.3 Å². The maximum absolute atomic E-state index is 11.8. The summed E-state index contributed by atoms with van der Waals surface area (Å²) < 4.78 is 0. The smallest absolute Gasteiger partial charge is 0.224 e. The molecule has 0 aliphatic carbocycles. The Hall–Kier alpha value is -1.36. The van der Waals surface area contributed by atoms with Gasteiger partial charge in [-0.25, -0.2) is 0 Å². The van der Waals surface area contributed by atoms with Gasteiger partial charge in [0.25, 0.3) is 0 Å². The lowest BCUT2D eigenvalue weighted by molar-refractivity contribution is -0.128. The van der Waals surface area contributed by atoms with Gasteiger partial charge in [-0.05, 0) is 24.6 Å². The van der Waals surface area contributed by atoms with Crippen molar-refractivity contribution < 1.29 is 9.59 Å². The number of aryl methyl sites for hydroxylation is 1. The van der Waals surface area contributed by atoms with E-state index in [4.69, 9.17) is 0 Å². The molecule has 0 aromatic carbocycles. The first-order chi connectivity index (χ1) is 8.54. The van der Waals surface area contributed by atoms with E-state index < -0.39 is 0 Å². The molecule has 18 heavy (non-hydrogen) atoms. The summed E-state index contributed by atoms with van der Waals surface area (Å²) in [5.74, 6) is 0.108. The fourth-order valence-corrected chi connectivity index (χ4v) is 3.03. The van der Waals surface area contributed by atoms with Gasteiger partial charge in [-0.3, -0.25) is 14.6 Å². The molecule has 1 aromatic rings. The summed E-state index contributed by atoms with van der Waals surface area (Å²) in [6.07, 6.45) is 2.21. The number of amides is 1. The molecule has 1 fully saturated rings. The van der Waals surface area contributed by atoms with E-state index in [0.717, 1.165) is 11.3 Å². The quantitative estimate of drug-likeness (QED) is 0.835. The highest BCUT2D eigenvalue weighted by Gasteiger charge is 2.30. The third-order valence-electron chi connectivity index (χ3n) is 2.84. The van der Waals surface area contributed by atoms with Crippen molar-refractivity contribution in [1.29, 1.82) is 0 Å². The van der Waals surface area contributed by atoms with Crippen LogP contribution in [0.4, 0.5) is 0 Å². The fraction of sp³-hybridized carbons (Fsp3) is 0.462. The largest absolute Gasteiger partial charge is 0.336 e. The number of rotatable bonds is 3. The summed E-state index contributed by atoms with van der Waals surface area (Å²) in [5, 5.41) is 0.170.